The zero-order valence-corrected chi connectivity index (χ0v) is 20.0. The first-order chi connectivity index (χ1) is 18.1. The number of benzene rings is 5. The van der Waals surface area contributed by atoms with E-state index in [1.54, 1.807) is 0 Å². The van der Waals surface area contributed by atoms with Gasteiger partial charge in [-0.05, 0) is 74.3 Å². The fourth-order valence-electron chi connectivity index (χ4n) is 5.42. The maximum Gasteiger partial charge on any atom is 0.417 e. The SMILES string of the molecule is COC(=O)CCCc1cc(C(F)(F)F)c2c3ccc(C(F)(F)F)c4cccc(c5ccc(C(F)(F)F)c1c52)c43. The molecule has 0 aromatic heterocycles. The molecule has 11 heteroatoms. The number of methoxy groups -OCH3 is 1. The maximum absolute atomic E-state index is 14.5. The van der Waals surface area contributed by atoms with E-state index in [2.05, 4.69) is 4.74 Å². The van der Waals surface area contributed by atoms with Crippen molar-refractivity contribution < 1.29 is 49.0 Å². The van der Waals surface area contributed by atoms with Gasteiger partial charge in [-0.3, -0.25) is 4.79 Å². The average Bonchev–Trinajstić information content (AvgIpc) is 2.84. The molecule has 204 valence electrons. The second-order valence-corrected chi connectivity index (χ2v) is 9.18. The summed E-state index contributed by atoms with van der Waals surface area (Å²) in [6, 6.07) is 7.69. The van der Waals surface area contributed by atoms with Crippen LogP contribution in [0.3, 0.4) is 0 Å². The van der Waals surface area contributed by atoms with Crippen molar-refractivity contribution in [3.63, 3.8) is 0 Å². The molecular formula is C28H17F9O2. The summed E-state index contributed by atoms with van der Waals surface area (Å²) >= 11 is 0. The Labute approximate surface area is 214 Å². The van der Waals surface area contributed by atoms with Gasteiger partial charge in [-0.15, -0.1) is 0 Å². The van der Waals surface area contributed by atoms with Crippen molar-refractivity contribution in [2.45, 2.75) is 37.8 Å². The second kappa shape index (κ2) is 8.89. The molecule has 0 bridgehead atoms. The number of carbonyl (C=O) groups excluding carboxylic acids is 1. The number of hydrogen-bond acceptors (Lipinski definition) is 2. The van der Waals surface area contributed by atoms with Crippen LogP contribution in [0.15, 0.2) is 48.5 Å². The Morgan fingerprint density at radius 1 is 0.641 bits per heavy atom. The van der Waals surface area contributed by atoms with Crippen molar-refractivity contribution in [3.8, 4) is 0 Å². The first kappa shape index (κ1) is 26.8. The van der Waals surface area contributed by atoms with E-state index in [1.807, 2.05) is 0 Å². The molecule has 0 heterocycles. The third-order valence-electron chi connectivity index (χ3n) is 6.94. The number of rotatable bonds is 4. The lowest BCUT2D eigenvalue weighted by Gasteiger charge is -2.24. The van der Waals surface area contributed by atoms with Crippen LogP contribution in [-0.4, -0.2) is 13.1 Å². The molecular weight excluding hydrogens is 539 g/mol. The Morgan fingerprint density at radius 2 is 1.21 bits per heavy atom. The Bertz CT molecular complexity index is 1750. The van der Waals surface area contributed by atoms with Gasteiger partial charge in [0.05, 0.1) is 23.8 Å². The minimum atomic E-state index is -5.05. The molecule has 0 N–H and O–H groups in total. The van der Waals surface area contributed by atoms with E-state index in [0.717, 1.165) is 31.4 Å². The number of halogens is 9. The van der Waals surface area contributed by atoms with E-state index in [0.29, 0.717) is 12.1 Å². The molecule has 0 fully saturated rings. The highest BCUT2D eigenvalue weighted by atomic mass is 19.4. The van der Waals surface area contributed by atoms with Gasteiger partial charge in [-0.2, -0.15) is 39.5 Å². The molecule has 0 aliphatic carbocycles. The van der Waals surface area contributed by atoms with Gasteiger partial charge in [0.2, 0.25) is 0 Å². The predicted octanol–water partition coefficient (Wildman–Crippen LogP) is 9.29. The van der Waals surface area contributed by atoms with Gasteiger partial charge >= 0.3 is 24.5 Å². The number of ether oxygens (including phenoxy) is 1. The predicted molar refractivity (Wildman–Crippen MR) is 128 cm³/mol. The van der Waals surface area contributed by atoms with Crippen LogP contribution in [0.4, 0.5) is 39.5 Å². The highest BCUT2D eigenvalue weighted by molar-refractivity contribution is 6.34. The van der Waals surface area contributed by atoms with Gasteiger partial charge in [-0.25, -0.2) is 0 Å². The van der Waals surface area contributed by atoms with Crippen LogP contribution in [0.25, 0.3) is 43.1 Å². The molecule has 0 saturated carbocycles. The Balaban J connectivity index is 2.02. The molecule has 5 aromatic carbocycles. The molecule has 0 atom stereocenters. The summed E-state index contributed by atoms with van der Waals surface area (Å²) in [6.07, 6.45) is -15.4. The highest BCUT2D eigenvalue weighted by Gasteiger charge is 2.40. The lowest BCUT2D eigenvalue weighted by atomic mass is 9.82. The standard InChI is InChI=1S/C28H17F9O2/c1-39-21(38)7-2-4-13-12-20(28(35,36)37)24-17-9-10-18(26(29,30)31)16-6-3-5-14(23(16)17)15-8-11-19(27(32,33)34)22(13)25(15)24/h3,5-6,8-12H,2,4,7H2,1H3. The fraction of sp³-hybridized carbons (Fsp3) is 0.250. The maximum atomic E-state index is 14.5. The summed E-state index contributed by atoms with van der Waals surface area (Å²) in [5.74, 6) is -0.675. The van der Waals surface area contributed by atoms with Crippen molar-refractivity contribution in [3.05, 3.63) is 70.8 Å². The number of fused-ring (bicyclic) bond motifs is 2. The first-order valence-corrected chi connectivity index (χ1v) is 11.6. The largest absolute Gasteiger partial charge is 0.469 e. The van der Waals surface area contributed by atoms with Crippen LogP contribution in [0.5, 0.6) is 0 Å². The first-order valence-electron chi connectivity index (χ1n) is 11.6. The van der Waals surface area contributed by atoms with Crippen molar-refractivity contribution in [2.24, 2.45) is 0 Å². The van der Waals surface area contributed by atoms with Crippen LogP contribution in [0.2, 0.25) is 0 Å². The van der Waals surface area contributed by atoms with E-state index < -0.39 is 52.0 Å². The summed E-state index contributed by atoms with van der Waals surface area (Å²) in [7, 11) is 1.11. The fourth-order valence-corrected chi connectivity index (χ4v) is 5.42. The molecule has 0 unspecified atom stereocenters. The van der Waals surface area contributed by atoms with E-state index in [1.165, 1.54) is 12.1 Å². The highest BCUT2D eigenvalue weighted by Crippen LogP contribution is 2.51. The third-order valence-corrected chi connectivity index (χ3v) is 6.94. The number of hydrogen-bond donors (Lipinski definition) is 0. The molecule has 0 aliphatic heterocycles. The molecule has 0 amide bonds. The van der Waals surface area contributed by atoms with Crippen LogP contribution in [0, 0.1) is 0 Å². The van der Waals surface area contributed by atoms with Crippen LogP contribution in [0.1, 0.15) is 35.1 Å². The second-order valence-electron chi connectivity index (χ2n) is 9.18. The number of esters is 1. The minimum absolute atomic E-state index is 0.0363. The minimum Gasteiger partial charge on any atom is -0.469 e. The number of carbonyl (C=O) groups is 1. The number of aryl methyl sites for hydroxylation is 1. The summed E-state index contributed by atoms with van der Waals surface area (Å²) < 4.78 is 132. The van der Waals surface area contributed by atoms with Crippen molar-refractivity contribution in [2.75, 3.05) is 7.11 Å². The Morgan fingerprint density at radius 3 is 1.82 bits per heavy atom. The van der Waals surface area contributed by atoms with Gasteiger partial charge in [0, 0.05) is 11.8 Å². The van der Waals surface area contributed by atoms with Gasteiger partial charge < -0.3 is 4.74 Å². The normalized spacial score (nSPS) is 13.3. The molecule has 0 aliphatic rings. The third kappa shape index (κ3) is 4.37. The molecule has 5 aromatic rings. The van der Waals surface area contributed by atoms with E-state index in [9.17, 15) is 44.3 Å². The van der Waals surface area contributed by atoms with Crippen LogP contribution < -0.4 is 0 Å². The van der Waals surface area contributed by atoms with E-state index in [-0.39, 0.29) is 57.1 Å². The van der Waals surface area contributed by atoms with Crippen molar-refractivity contribution >= 4 is 49.1 Å². The zero-order valence-electron chi connectivity index (χ0n) is 20.0. The molecule has 5 rings (SSSR count). The quantitative estimate of drug-likeness (QED) is 0.0955. The lowest BCUT2D eigenvalue weighted by Crippen LogP contribution is -2.12. The molecule has 0 saturated heterocycles. The van der Waals surface area contributed by atoms with Gasteiger partial charge in [0.15, 0.2) is 0 Å². The Kier molecular flexibility index (Phi) is 6.12. The van der Waals surface area contributed by atoms with Crippen molar-refractivity contribution in [1.29, 1.82) is 0 Å². The molecule has 39 heavy (non-hydrogen) atoms. The topological polar surface area (TPSA) is 26.3 Å². The van der Waals surface area contributed by atoms with Crippen LogP contribution >= 0.6 is 0 Å². The summed E-state index contributed by atoms with van der Waals surface area (Å²) in [4.78, 5) is 11.6. The molecule has 0 radical (unpaired) electrons. The van der Waals surface area contributed by atoms with Gasteiger partial charge in [0.1, 0.15) is 0 Å². The average molecular weight is 556 g/mol. The monoisotopic (exact) mass is 556 g/mol. The van der Waals surface area contributed by atoms with Gasteiger partial charge in [0.25, 0.3) is 0 Å². The summed E-state index contributed by atoms with van der Waals surface area (Å²) in [5.41, 5.74) is -3.78. The summed E-state index contributed by atoms with van der Waals surface area (Å²) in [6.45, 7) is 0. The van der Waals surface area contributed by atoms with Crippen molar-refractivity contribution in [1.82, 2.24) is 0 Å². The van der Waals surface area contributed by atoms with Gasteiger partial charge in [-0.1, -0.05) is 30.3 Å². The molecule has 2 nitrogen and oxygen atoms in total. The lowest BCUT2D eigenvalue weighted by molar-refractivity contribution is -0.141. The zero-order chi connectivity index (χ0) is 28.5. The molecule has 0 spiro atoms. The smallest absolute Gasteiger partial charge is 0.417 e. The summed E-state index contributed by atoms with van der Waals surface area (Å²) in [5, 5.41) is -2.07. The number of alkyl halides is 9. The Hall–Kier alpha value is -3.76. The van der Waals surface area contributed by atoms with E-state index in [4.69, 9.17) is 0 Å². The van der Waals surface area contributed by atoms with Crippen LogP contribution in [-0.2, 0) is 34.5 Å². The van der Waals surface area contributed by atoms with E-state index >= 15 is 0 Å².